The van der Waals surface area contributed by atoms with Gasteiger partial charge in [0.15, 0.2) is 5.13 Å². The first kappa shape index (κ1) is 24.7. The van der Waals surface area contributed by atoms with E-state index in [0.717, 1.165) is 27.4 Å². The Morgan fingerprint density at radius 1 is 1.22 bits per heavy atom. The monoisotopic (exact) mass is 519 g/mol. The molecule has 2 N–H and O–H groups in total. The second-order valence-electron chi connectivity index (χ2n) is 9.03. The van der Waals surface area contributed by atoms with Crippen LogP contribution < -0.4 is 10.6 Å². The first-order chi connectivity index (χ1) is 17.8. The number of amides is 2. The molecule has 0 radical (unpaired) electrons. The number of nitrogens with one attached hydrogen (secondary N) is 2. The molecule has 0 bridgehead atoms. The van der Waals surface area contributed by atoms with E-state index in [2.05, 4.69) is 20.6 Å². The van der Waals surface area contributed by atoms with Crippen LogP contribution in [-0.4, -0.2) is 63.6 Å². The van der Waals surface area contributed by atoms with Crippen molar-refractivity contribution in [3.63, 3.8) is 0 Å². The van der Waals surface area contributed by atoms with Crippen LogP contribution in [0.5, 0.6) is 0 Å². The third-order valence-corrected chi connectivity index (χ3v) is 7.03. The van der Waals surface area contributed by atoms with Crippen LogP contribution in [-0.2, 0) is 17.6 Å². The molecule has 190 valence electrons. The number of hydrogen-bond acceptors (Lipinski definition) is 7. The highest BCUT2D eigenvalue weighted by Gasteiger charge is 2.30. The summed E-state index contributed by atoms with van der Waals surface area (Å²) in [5.74, 6) is -1.11. The van der Waals surface area contributed by atoms with Crippen LogP contribution in [0.1, 0.15) is 28.5 Å². The van der Waals surface area contributed by atoms with Crippen LogP contribution in [0.25, 0.3) is 27.5 Å². The molecule has 5 rings (SSSR count). The van der Waals surface area contributed by atoms with Gasteiger partial charge in [0.25, 0.3) is 5.91 Å². The lowest BCUT2D eigenvalue weighted by atomic mass is 9.95. The minimum absolute atomic E-state index is 0.207. The average Bonchev–Trinajstić information content (AvgIpc) is 3.44. The summed E-state index contributed by atoms with van der Waals surface area (Å²) < 4.78 is 17.1. The molecule has 0 atom stereocenters. The number of benzene rings is 1. The molecule has 37 heavy (non-hydrogen) atoms. The minimum atomic E-state index is -0.568. The summed E-state index contributed by atoms with van der Waals surface area (Å²) >= 11 is 1.34. The predicted octanol–water partition coefficient (Wildman–Crippen LogP) is 3.55. The zero-order chi connectivity index (χ0) is 26.1. The highest BCUT2D eigenvalue weighted by atomic mass is 32.1. The number of rotatable bonds is 7. The van der Waals surface area contributed by atoms with Crippen molar-refractivity contribution < 1.29 is 14.0 Å². The fourth-order valence-electron chi connectivity index (χ4n) is 4.30. The predicted molar refractivity (Wildman–Crippen MR) is 140 cm³/mol. The Balaban J connectivity index is 1.59. The zero-order valence-corrected chi connectivity index (χ0v) is 21.5. The Hall–Kier alpha value is -3.96. The van der Waals surface area contributed by atoms with Crippen LogP contribution in [0.4, 0.5) is 9.52 Å². The number of carbonyl (C=O) groups excluding carboxylic acids is 2. The number of aromatic nitrogens is 4. The fourth-order valence-corrected chi connectivity index (χ4v) is 5.41. The lowest BCUT2D eigenvalue weighted by Crippen LogP contribution is -2.31. The van der Waals surface area contributed by atoms with Crippen LogP contribution in [0, 0.1) is 5.82 Å². The molecular weight excluding hydrogens is 493 g/mol. The molecule has 9 nitrogen and oxygen atoms in total. The summed E-state index contributed by atoms with van der Waals surface area (Å²) in [7, 11) is 3.83. The number of fused-ring (bicyclic) bond motifs is 3. The highest BCUT2D eigenvalue weighted by molar-refractivity contribution is 7.19. The summed E-state index contributed by atoms with van der Waals surface area (Å²) in [6, 6.07) is 8.15. The number of thiazole rings is 1. The number of anilines is 1. The third kappa shape index (κ3) is 5.00. The average molecular weight is 520 g/mol. The second kappa shape index (κ2) is 10.2. The van der Waals surface area contributed by atoms with Gasteiger partial charge in [-0.15, -0.1) is 0 Å². The van der Waals surface area contributed by atoms with Gasteiger partial charge in [-0.05, 0) is 57.3 Å². The van der Waals surface area contributed by atoms with Gasteiger partial charge in [-0.3, -0.25) is 14.6 Å². The summed E-state index contributed by atoms with van der Waals surface area (Å²) in [6.45, 7) is 2.58. The van der Waals surface area contributed by atoms with Gasteiger partial charge in [-0.1, -0.05) is 11.3 Å². The molecule has 0 saturated carbocycles. The molecule has 1 aliphatic carbocycles. The Morgan fingerprint density at radius 3 is 2.76 bits per heavy atom. The van der Waals surface area contributed by atoms with Gasteiger partial charge in [-0.2, -0.15) is 5.10 Å². The van der Waals surface area contributed by atoms with Crippen molar-refractivity contribution in [2.75, 3.05) is 32.5 Å². The molecular formula is C26H26FN7O2S. The van der Waals surface area contributed by atoms with Gasteiger partial charge >= 0.3 is 0 Å². The van der Waals surface area contributed by atoms with Crippen molar-refractivity contribution in [2.45, 2.75) is 19.8 Å². The number of likely N-dealkylation sites (N-methyl/N-ethyl adjacent to an activating group) is 1. The third-order valence-electron chi connectivity index (χ3n) is 6.01. The quantitative estimate of drug-likeness (QED) is 0.387. The number of carbonyl (C=O) groups is 2. The van der Waals surface area contributed by atoms with E-state index in [0.29, 0.717) is 36.8 Å². The fraction of sp³-hybridized carbons (Fsp3) is 0.269. The maximum Gasteiger partial charge on any atom is 0.251 e. The van der Waals surface area contributed by atoms with Gasteiger partial charge < -0.3 is 15.5 Å². The largest absolute Gasteiger partial charge is 0.351 e. The summed E-state index contributed by atoms with van der Waals surface area (Å²) in [4.78, 5) is 35.8. The summed E-state index contributed by atoms with van der Waals surface area (Å²) in [5.41, 5.74) is 4.52. The number of aryl methyl sites for hydroxylation is 1. The van der Waals surface area contributed by atoms with Crippen molar-refractivity contribution in [2.24, 2.45) is 0 Å². The second-order valence-corrected chi connectivity index (χ2v) is 10.0. The SMILES string of the molecule is CC(=O)Nc1nc2c(s1)-c1c(c(-c3cccnc3)nn1-c1ccc(C(=O)NCCN(C)C)cc1F)CC2. The maximum absolute atomic E-state index is 15.6. The number of pyridine rings is 1. The first-order valence-corrected chi connectivity index (χ1v) is 12.7. The van der Waals surface area contributed by atoms with E-state index in [1.165, 1.54) is 24.3 Å². The molecule has 0 aliphatic heterocycles. The molecule has 3 aromatic heterocycles. The molecule has 0 fully saturated rings. The molecule has 0 spiro atoms. The highest BCUT2D eigenvalue weighted by Crippen LogP contribution is 2.44. The molecule has 1 aromatic carbocycles. The maximum atomic E-state index is 15.6. The molecule has 3 heterocycles. The van der Waals surface area contributed by atoms with E-state index in [-0.39, 0.29) is 23.1 Å². The molecule has 4 aromatic rings. The number of nitrogens with zero attached hydrogens (tertiary/aromatic N) is 5. The molecule has 0 saturated heterocycles. The Kier molecular flexibility index (Phi) is 6.81. The van der Waals surface area contributed by atoms with Crippen molar-refractivity contribution in [3.05, 3.63) is 65.4 Å². The van der Waals surface area contributed by atoms with Crippen molar-refractivity contribution in [3.8, 4) is 27.5 Å². The van der Waals surface area contributed by atoms with Crippen LogP contribution in [0.2, 0.25) is 0 Å². The Morgan fingerprint density at radius 2 is 2.05 bits per heavy atom. The van der Waals surface area contributed by atoms with Gasteiger partial charge in [0, 0.05) is 49.1 Å². The van der Waals surface area contributed by atoms with E-state index in [9.17, 15) is 9.59 Å². The molecule has 2 amide bonds. The normalized spacial score (nSPS) is 12.2. The van der Waals surface area contributed by atoms with Crippen molar-refractivity contribution >= 4 is 28.3 Å². The van der Waals surface area contributed by atoms with E-state index >= 15 is 4.39 Å². The van der Waals surface area contributed by atoms with Gasteiger partial charge in [0.2, 0.25) is 5.91 Å². The van der Waals surface area contributed by atoms with Crippen molar-refractivity contribution in [1.29, 1.82) is 0 Å². The van der Waals surface area contributed by atoms with Crippen LogP contribution in [0.3, 0.4) is 0 Å². The smallest absolute Gasteiger partial charge is 0.251 e. The summed E-state index contributed by atoms with van der Waals surface area (Å²) in [6.07, 6.45) is 4.75. The lowest BCUT2D eigenvalue weighted by molar-refractivity contribution is -0.114. The van der Waals surface area contributed by atoms with E-state index < -0.39 is 5.82 Å². The number of halogens is 1. The lowest BCUT2D eigenvalue weighted by Gasteiger charge is -2.15. The zero-order valence-electron chi connectivity index (χ0n) is 20.7. The minimum Gasteiger partial charge on any atom is -0.351 e. The molecule has 0 unspecified atom stereocenters. The Bertz CT molecular complexity index is 1480. The topological polar surface area (TPSA) is 105 Å². The van der Waals surface area contributed by atoms with Crippen LogP contribution in [0.15, 0.2) is 42.7 Å². The van der Waals surface area contributed by atoms with E-state index in [1.807, 2.05) is 31.1 Å². The van der Waals surface area contributed by atoms with Crippen molar-refractivity contribution in [1.82, 2.24) is 30.0 Å². The summed E-state index contributed by atoms with van der Waals surface area (Å²) in [5, 5.41) is 10.9. The Labute approximate surface area is 217 Å². The molecule has 11 heteroatoms. The van der Waals surface area contributed by atoms with Gasteiger partial charge in [0.05, 0.1) is 22.0 Å². The number of hydrogen-bond donors (Lipinski definition) is 2. The van der Waals surface area contributed by atoms with E-state index in [1.54, 1.807) is 29.2 Å². The van der Waals surface area contributed by atoms with Gasteiger partial charge in [0.1, 0.15) is 11.5 Å². The van der Waals surface area contributed by atoms with E-state index in [4.69, 9.17) is 5.10 Å². The molecule has 1 aliphatic rings. The van der Waals surface area contributed by atoms with Gasteiger partial charge in [-0.25, -0.2) is 14.1 Å². The first-order valence-electron chi connectivity index (χ1n) is 11.8. The van der Waals surface area contributed by atoms with Crippen LogP contribution >= 0.6 is 11.3 Å². The standard InChI is InChI=1S/C26H26FN7O2S/c1-15(35)30-26-31-20-8-7-18-22(17-5-4-10-28-14-17)32-34(23(18)24(20)37-26)21-9-6-16(13-19(21)27)25(36)29-11-12-33(2)3/h4-6,9-10,13-14H,7-8,11-12H2,1-3H3,(H,29,36)(H,30,31,35).